The minimum absolute atomic E-state index is 0.0972. The quantitative estimate of drug-likeness (QED) is 0.321. The Morgan fingerprint density at radius 3 is 2.63 bits per heavy atom. The highest BCUT2D eigenvalue weighted by molar-refractivity contribution is 7.99. The van der Waals surface area contributed by atoms with E-state index in [9.17, 15) is 10.1 Å². The summed E-state index contributed by atoms with van der Waals surface area (Å²) in [5.41, 5.74) is 2.51. The molecule has 2 aromatic carbocycles. The fraction of sp³-hybridized carbons (Fsp3) is 0.136. The summed E-state index contributed by atoms with van der Waals surface area (Å²) in [6.45, 7) is 1.85. The van der Waals surface area contributed by atoms with E-state index < -0.39 is 5.92 Å². The first-order valence-electron chi connectivity index (χ1n) is 9.20. The number of nitriles is 1. The van der Waals surface area contributed by atoms with Crippen LogP contribution in [0.25, 0.3) is 10.9 Å². The molecule has 30 heavy (non-hydrogen) atoms. The second-order valence-corrected chi connectivity index (χ2v) is 8.34. The molecule has 0 aliphatic heterocycles. The zero-order chi connectivity index (χ0) is 20.9. The van der Waals surface area contributed by atoms with Crippen LogP contribution in [0.1, 0.15) is 16.6 Å². The van der Waals surface area contributed by atoms with Crippen molar-refractivity contribution in [1.82, 2.24) is 15.0 Å². The van der Waals surface area contributed by atoms with Gasteiger partial charge in [0.2, 0.25) is 0 Å². The van der Waals surface area contributed by atoms with E-state index in [1.807, 2.05) is 66.9 Å². The fourth-order valence-corrected chi connectivity index (χ4v) is 4.48. The minimum Gasteiger partial charge on any atom is -0.340 e. The number of aryl methyl sites for hydroxylation is 1. The molecule has 0 unspecified atom stereocenters. The SMILES string of the molecule is Cc1csc([C@H](C#N)C(=O)CSc2nc(Nc3ccccc3)c3ccccc3n2)n1. The van der Waals surface area contributed by atoms with Crippen molar-refractivity contribution >= 4 is 51.3 Å². The Bertz CT molecular complexity index is 1230. The summed E-state index contributed by atoms with van der Waals surface area (Å²) in [6, 6.07) is 19.6. The molecule has 2 aromatic heterocycles. The molecule has 2 heterocycles. The van der Waals surface area contributed by atoms with E-state index in [1.54, 1.807) is 0 Å². The molecule has 0 spiro atoms. The molecule has 0 fully saturated rings. The van der Waals surface area contributed by atoms with Crippen LogP contribution in [0, 0.1) is 18.3 Å². The first-order valence-corrected chi connectivity index (χ1v) is 11.1. The summed E-state index contributed by atoms with van der Waals surface area (Å²) in [7, 11) is 0. The van der Waals surface area contributed by atoms with Crippen molar-refractivity contribution in [2.45, 2.75) is 18.0 Å². The van der Waals surface area contributed by atoms with Gasteiger partial charge in [0.25, 0.3) is 0 Å². The molecule has 0 aliphatic carbocycles. The lowest BCUT2D eigenvalue weighted by atomic mass is 10.1. The van der Waals surface area contributed by atoms with Crippen LogP contribution in [0.5, 0.6) is 0 Å². The number of para-hydroxylation sites is 2. The number of carbonyl (C=O) groups is 1. The van der Waals surface area contributed by atoms with Crippen LogP contribution in [0.3, 0.4) is 0 Å². The molecule has 0 radical (unpaired) electrons. The van der Waals surface area contributed by atoms with Gasteiger partial charge in [-0.25, -0.2) is 15.0 Å². The molecule has 0 amide bonds. The summed E-state index contributed by atoms with van der Waals surface area (Å²) < 4.78 is 0. The predicted octanol–water partition coefficient (Wildman–Crippen LogP) is 5.11. The van der Waals surface area contributed by atoms with Crippen LogP contribution < -0.4 is 5.32 Å². The molecular weight excluding hydrogens is 414 g/mol. The summed E-state index contributed by atoms with van der Waals surface area (Å²) >= 11 is 2.56. The topological polar surface area (TPSA) is 91.6 Å². The molecule has 1 N–H and O–H groups in total. The molecular formula is C22H17N5OS2. The third-order valence-electron chi connectivity index (χ3n) is 4.30. The zero-order valence-electron chi connectivity index (χ0n) is 16.1. The van der Waals surface area contributed by atoms with E-state index in [0.29, 0.717) is 16.0 Å². The van der Waals surface area contributed by atoms with Crippen molar-refractivity contribution in [3.05, 3.63) is 70.7 Å². The van der Waals surface area contributed by atoms with E-state index >= 15 is 0 Å². The molecule has 0 bridgehead atoms. The summed E-state index contributed by atoms with van der Waals surface area (Å²) in [5.74, 6) is -0.293. The fourth-order valence-electron chi connectivity index (χ4n) is 2.86. The van der Waals surface area contributed by atoms with Crippen LogP contribution in [0.4, 0.5) is 11.5 Å². The number of aromatic nitrogens is 3. The number of benzene rings is 2. The number of nitrogens with zero attached hydrogens (tertiary/aromatic N) is 4. The van der Waals surface area contributed by atoms with Crippen molar-refractivity contribution in [3.8, 4) is 6.07 Å². The summed E-state index contributed by atoms with van der Waals surface area (Å²) in [6.07, 6.45) is 0. The van der Waals surface area contributed by atoms with Crippen LogP contribution in [-0.2, 0) is 4.79 Å². The Hall–Kier alpha value is -3.28. The van der Waals surface area contributed by atoms with Gasteiger partial charge in [0.15, 0.2) is 16.9 Å². The summed E-state index contributed by atoms with van der Waals surface area (Å²) in [5, 5.41) is 16.5. The number of hydrogen-bond donors (Lipinski definition) is 1. The lowest BCUT2D eigenvalue weighted by Gasteiger charge is -2.11. The van der Waals surface area contributed by atoms with E-state index in [-0.39, 0.29) is 11.5 Å². The number of ketones is 1. The zero-order valence-corrected chi connectivity index (χ0v) is 17.7. The number of hydrogen-bond acceptors (Lipinski definition) is 8. The minimum atomic E-state index is -0.862. The number of thioether (sulfide) groups is 1. The smallest absolute Gasteiger partial charge is 0.190 e. The first-order chi connectivity index (χ1) is 14.6. The van der Waals surface area contributed by atoms with Crippen molar-refractivity contribution in [2.75, 3.05) is 11.1 Å². The van der Waals surface area contributed by atoms with Gasteiger partial charge in [-0.3, -0.25) is 4.79 Å². The average molecular weight is 432 g/mol. The number of nitrogens with one attached hydrogen (secondary N) is 1. The maximum absolute atomic E-state index is 12.6. The van der Waals surface area contributed by atoms with Crippen LogP contribution >= 0.6 is 23.1 Å². The van der Waals surface area contributed by atoms with Gasteiger partial charge in [-0.1, -0.05) is 42.1 Å². The van der Waals surface area contributed by atoms with Gasteiger partial charge in [0.1, 0.15) is 10.8 Å². The molecule has 0 saturated heterocycles. The molecule has 148 valence electrons. The molecule has 0 aliphatic rings. The van der Waals surface area contributed by atoms with E-state index in [4.69, 9.17) is 0 Å². The number of thiazole rings is 1. The summed E-state index contributed by atoms with van der Waals surface area (Å²) in [4.78, 5) is 26.1. The standard InChI is InChI=1S/C22H17N5OS2/c1-14-12-29-21(24-14)17(11-23)19(28)13-30-22-26-18-10-6-5-9-16(18)20(27-22)25-15-7-3-2-4-8-15/h2-10,12,17H,13H2,1H3,(H,25,26,27)/t17-/m1/s1. The lowest BCUT2D eigenvalue weighted by Crippen LogP contribution is -2.13. The van der Waals surface area contributed by atoms with Crippen LogP contribution in [0.15, 0.2) is 65.1 Å². The highest BCUT2D eigenvalue weighted by atomic mass is 32.2. The average Bonchev–Trinajstić information content (AvgIpc) is 3.19. The third-order valence-corrected chi connectivity index (χ3v) is 6.19. The van der Waals surface area contributed by atoms with Crippen molar-refractivity contribution in [2.24, 2.45) is 0 Å². The predicted molar refractivity (Wildman–Crippen MR) is 120 cm³/mol. The Balaban J connectivity index is 1.57. The van der Waals surface area contributed by atoms with Gasteiger partial charge in [0.05, 0.1) is 17.3 Å². The van der Waals surface area contributed by atoms with E-state index in [1.165, 1.54) is 23.1 Å². The van der Waals surface area contributed by atoms with Gasteiger partial charge >= 0.3 is 0 Å². The van der Waals surface area contributed by atoms with Crippen molar-refractivity contribution in [1.29, 1.82) is 5.26 Å². The lowest BCUT2D eigenvalue weighted by molar-refractivity contribution is -0.116. The molecule has 4 aromatic rings. The second kappa shape index (κ2) is 9.03. The van der Waals surface area contributed by atoms with Gasteiger partial charge in [-0.15, -0.1) is 11.3 Å². The van der Waals surface area contributed by atoms with Gasteiger partial charge in [0, 0.05) is 22.1 Å². The number of carbonyl (C=O) groups excluding carboxylic acids is 1. The molecule has 1 atom stereocenters. The Labute approximate surface area is 182 Å². The Kier molecular flexibility index (Phi) is 6.02. The molecule has 6 nitrogen and oxygen atoms in total. The maximum Gasteiger partial charge on any atom is 0.190 e. The van der Waals surface area contributed by atoms with Crippen LogP contribution in [-0.4, -0.2) is 26.5 Å². The normalized spacial score (nSPS) is 11.7. The van der Waals surface area contributed by atoms with Gasteiger partial charge < -0.3 is 5.32 Å². The Morgan fingerprint density at radius 2 is 1.90 bits per heavy atom. The van der Waals surface area contributed by atoms with Crippen molar-refractivity contribution < 1.29 is 4.79 Å². The number of rotatable bonds is 7. The molecule has 8 heteroatoms. The van der Waals surface area contributed by atoms with E-state index in [0.717, 1.165) is 22.3 Å². The maximum atomic E-state index is 12.6. The Morgan fingerprint density at radius 1 is 1.13 bits per heavy atom. The highest BCUT2D eigenvalue weighted by Gasteiger charge is 2.23. The molecule has 4 rings (SSSR count). The second-order valence-electron chi connectivity index (χ2n) is 6.51. The van der Waals surface area contributed by atoms with Crippen molar-refractivity contribution in [3.63, 3.8) is 0 Å². The third kappa shape index (κ3) is 4.48. The highest BCUT2D eigenvalue weighted by Crippen LogP contribution is 2.28. The van der Waals surface area contributed by atoms with Crippen LogP contribution in [0.2, 0.25) is 0 Å². The van der Waals surface area contributed by atoms with Gasteiger partial charge in [-0.2, -0.15) is 5.26 Å². The first kappa shape index (κ1) is 20.0. The van der Waals surface area contributed by atoms with Gasteiger partial charge in [-0.05, 0) is 31.2 Å². The largest absolute Gasteiger partial charge is 0.340 e. The number of anilines is 2. The van der Waals surface area contributed by atoms with E-state index in [2.05, 4.69) is 26.3 Å². The number of Topliss-reactive ketones (excluding diaryl/α,β-unsaturated/α-hetero) is 1. The number of fused-ring (bicyclic) bond motifs is 1. The molecule has 0 saturated carbocycles. The monoisotopic (exact) mass is 431 g/mol.